The first-order chi connectivity index (χ1) is 38.8. The Morgan fingerprint density at radius 2 is 1.06 bits per heavy atom. The predicted octanol–water partition coefficient (Wildman–Crippen LogP) is 22.7. The number of esters is 1. The molecule has 1 aliphatic heterocycles. The summed E-state index contributed by atoms with van der Waals surface area (Å²) in [5, 5.41) is 0. The lowest BCUT2D eigenvalue weighted by molar-refractivity contribution is -0.150. The number of rotatable bonds is 56. The van der Waals surface area contributed by atoms with Crippen LogP contribution in [-0.2, 0) is 28.7 Å². The minimum absolute atomic E-state index is 0. The van der Waals surface area contributed by atoms with Crippen LogP contribution in [0.3, 0.4) is 0 Å². The highest BCUT2D eigenvalue weighted by molar-refractivity contribution is 6.05. The Kier molecular flexibility index (Phi) is 62.1. The van der Waals surface area contributed by atoms with Gasteiger partial charge in [0.05, 0.1) is 13.0 Å². The van der Waals surface area contributed by atoms with Gasteiger partial charge in [0.1, 0.15) is 17.7 Å². The van der Waals surface area contributed by atoms with Crippen LogP contribution in [0.5, 0.6) is 0 Å². The number of allylic oxidation sites excluding steroid dienone is 3. The molecule has 0 N–H and O–H groups in total. The van der Waals surface area contributed by atoms with Gasteiger partial charge in [-0.25, -0.2) is 0 Å². The third-order valence-corrected chi connectivity index (χ3v) is 17.0. The number of hydrogen-bond donors (Lipinski definition) is 0. The van der Waals surface area contributed by atoms with Crippen LogP contribution in [0, 0.1) is 23.2 Å². The van der Waals surface area contributed by atoms with Gasteiger partial charge in [-0.2, -0.15) is 0 Å². The Morgan fingerprint density at radius 3 is 1.62 bits per heavy atom. The highest BCUT2D eigenvalue weighted by Crippen LogP contribution is 2.29. The summed E-state index contributed by atoms with van der Waals surface area (Å²) in [7, 11) is 0. The van der Waals surface area contributed by atoms with Gasteiger partial charge in [0, 0.05) is 36.9 Å². The average molecular weight is 1140 g/mol. The molecule has 7 nitrogen and oxygen atoms in total. The molecule has 1 fully saturated rings. The van der Waals surface area contributed by atoms with Crippen molar-refractivity contribution in [3.05, 3.63) is 37.5 Å². The summed E-state index contributed by atoms with van der Waals surface area (Å²) in [4.78, 5) is 53.3. The standard InChI is InChI=1S/C55H99NO6.C16H32.C2H6.CH4/c1-8-12-15-17-20-27-35-52(36-28-21-18-16-13-9-2)62-54(60)37-29-22-19-25-32-42-61-46-50-43-48(45-56(50)41-31-24-23-30-40-55(6,7)47(5)57)38-39-51(58)44-53(59)49(33-11-4)34-26-14-10-3;1-4-7-10-13-16(14-11-8-5-2)15-12-9-6-3;1-2;/h10,38-39,48-50,52H,3,8-9,11-37,40-46H2,1-2,4-7H3;4,16H,1,5-15H2,2-3H3;1-2H3;1H4/b39-38-;;;/t48-,49?,50-;;;/m0.../s1. The Labute approximate surface area is 506 Å². The van der Waals surface area contributed by atoms with Crippen molar-refractivity contribution in [2.75, 3.05) is 26.3 Å². The highest BCUT2D eigenvalue weighted by Gasteiger charge is 2.31. The van der Waals surface area contributed by atoms with E-state index in [1.54, 1.807) is 13.0 Å². The van der Waals surface area contributed by atoms with Crippen molar-refractivity contribution < 1.29 is 28.7 Å². The number of carbonyl (C=O) groups excluding carboxylic acids is 4. The smallest absolute Gasteiger partial charge is 0.306 e. The van der Waals surface area contributed by atoms with Crippen LogP contribution in [-0.4, -0.2) is 66.7 Å². The van der Waals surface area contributed by atoms with Crippen molar-refractivity contribution in [3.63, 3.8) is 0 Å². The molecule has 1 heterocycles. The van der Waals surface area contributed by atoms with Gasteiger partial charge in [0.2, 0.25) is 0 Å². The van der Waals surface area contributed by atoms with Gasteiger partial charge in [0.25, 0.3) is 0 Å². The lowest BCUT2D eigenvalue weighted by atomic mass is 9.83. The first kappa shape index (κ1) is 82.8. The molecule has 0 bridgehead atoms. The van der Waals surface area contributed by atoms with Crippen LogP contribution in [0.2, 0.25) is 0 Å². The van der Waals surface area contributed by atoms with Crippen LogP contribution in [0.4, 0.5) is 0 Å². The SMILES string of the molecule is C.C=CCCCC(CCC)C(=O)CC(=O)/C=C\[C@H]1C[C@@H](COCCCCCCCC(=O)OC(CCCCCCCC)CCCCCCCC)N(CCCCCCC(C)(C)C(C)=O)C1.C=CCCCC(CCCCC)CCCCC.CC. The number of Topliss-reactive ketones (excluding diaryl/α,β-unsaturated/α-hetero) is 2. The van der Waals surface area contributed by atoms with E-state index >= 15 is 0 Å². The fourth-order valence-corrected chi connectivity index (χ4v) is 11.3. The van der Waals surface area contributed by atoms with E-state index in [0.29, 0.717) is 19.1 Å². The average Bonchev–Trinajstić information content (AvgIpc) is 3.87. The number of ether oxygens (including phenoxy) is 2. The highest BCUT2D eigenvalue weighted by atomic mass is 16.5. The van der Waals surface area contributed by atoms with E-state index in [4.69, 9.17) is 9.47 Å². The van der Waals surface area contributed by atoms with Crippen molar-refractivity contribution in [2.24, 2.45) is 23.2 Å². The second-order valence-corrected chi connectivity index (χ2v) is 24.8. The molecule has 0 spiro atoms. The van der Waals surface area contributed by atoms with E-state index in [1.165, 1.54) is 148 Å². The molecule has 7 heteroatoms. The van der Waals surface area contributed by atoms with Crippen molar-refractivity contribution >= 4 is 23.3 Å². The van der Waals surface area contributed by atoms with Crippen LogP contribution in [0.15, 0.2) is 37.5 Å². The maximum absolute atomic E-state index is 13.0. The molecule has 1 unspecified atom stereocenters. The molecular weight excluding hydrogens is 999 g/mol. The minimum Gasteiger partial charge on any atom is -0.462 e. The van der Waals surface area contributed by atoms with Gasteiger partial charge in [-0.15, -0.1) is 13.2 Å². The number of unbranched alkanes of at least 4 members (excludes halogenated alkanes) is 23. The molecule has 0 radical (unpaired) electrons. The van der Waals surface area contributed by atoms with E-state index in [-0.39, 0.29) is 60.5 Å². The third kappa shape index (κ3) is 50.6. The maximum atomic E-state index is 13.0. The second kappa shape index (κ2) is 60.7. The van der Waals surface area contributed by atoms with Gasteiger partial charge in [0.15, 0.2) is 5.78 Å². The second-order valence-electron chi connectivity index (χ2n) is 24.8. The van der Waals surface area contributed by atoms with Crippen LogP contribution < -0.4 is 0 Å². The van der Waals surface area contributed by atoms with Crippen molar-refractivity contribution in [2.45, 2.75) is 365 Å². The lowest BCUT2D eigenvalue weighted by Crippen LogP contribution is -2.34. The Morgan fingerprint density at radius 1 is 0.580 bits per heavy atom. The topological polar surface area (TPSA) is 90.0 Å². The molecule has 3 atom stereocenters. The van der Waals surface area contributed by atoms with E-state index in [9.17, 15) is 19.2 Å². The van der Waals surface area contributed by atoms with Gasteiger partial charge in [-0.05, 0) is 128 Å². The molecule has 478 valence electrons. The zero-order chi connectivity index (χ0) is 59.8. The van der Waals surface area contributed by atoms with Crippen LogP contribution in [0.1, 0.15) is 353 Å². The van der Waals surface area contributed by atoms with E-state index in [0.717, 1.165) is 141 Å². The summed E-state index contributed by atoms with van der Waals surface area (Å²) in [6.45, 7) is 32.0. The van der Waals surface area contributed by atoms with Gasteiger partial charge in [-0.1, -0.05) is 255 Å². The van der Waals surface area contributed by atoms with E-state index in [2.05, 4.69) is 78.7 Å². The summed E-state index contributed by atoms with van der Waals surface area (Å²) < 4.78 is 12.3. The van der Waals surface area contributed by atoms with E-state index < -0.39 is 0 Å². The number of nitrogens with zero attached hydrogens (tertiary/aromatic N) is 1. The van der Waals surface area contributed by atoms with Gasteiger partial charge < -0.3 is 9.47 Å². The Hall–Kier alpha value is -2.38. The summed E-state index contributed by atoms with van der Waals surface area (Å²) >= 11 is 0. The number of ketones is 3. The summed E-state index contributed by atoms with van der Waals surface area (Å²) in [5.74, 6) is 1.50. The number of likely N-dealkylation sites (tertiary alicyclic amines) is 1. The van der Waals surface area contributed by atoms with Gasteiger partial charge >= 0.3 is 5.97 Å². The number of carbonyl (C=O) groups is 4. The predicted molar refractivity (Wildman–Crippen MR) is 356 cm³/mol. The molecule has 0 aromatic heterocycles. The molecule has 81 heavy (non-hydrogen) atoms. The molecule has 0 aliphatic carbocycles. The quantitative estimate of drug-likeness (QED) is 0.0197. The van der Waals surface area contributed by atoms with Crippen molar-refractivity contribution in [1.29, 1.82) is 0 Å². The zero-order valence-electron chi connectivity index (χ0n) is 55.2. The van der Waals surface area contributed by atoms with Crippen molar-refractivity contribution in [3.8, 4) is 0 Å². The minimum atomic E-state index is -0.238. The van der Waals surface area contributed by atoms with Gasteiger partial charge in [-0.3, -0.25) is 24.1 Å². The third-order valence-electron chi connectivity index (χ3n) is 17.0. The molecule has 1 aliphatic rings. The molecule has 0 aromatic rings. The molecule has 0 aromatic carbocycles. The van der Waals surface area contributed by atoms with Crippen LogP contribution >= 0.6 is 0 Å². The fourth-order valence-electron chi connectivity index (χ4n) is 11.3. The monoisotopic (exact) mass is 1140 g/mol. The summed E-state index contributed by atoms with van der Waals surface area (Å²) in [6.07, 6.45) is 56.9. The molecule has 1 rings (SSSR count). The van der Waals surface area contributed by atoms with Crippen LogP contribution in [0.25, 0.3) is 0 Å². The Balaban J connectivity index is -0.00000274. The molecule has 0 saturated carbocycles. The van der Waals surface area contributed by atoms with Crippen molar-refractivity contribution in [1.82, 2.24) is 4.90 Å². The zero-order valence-corrected chi connectivity index (χ0v) is 55.2. The largest absolute Gasteiger partial charge is 0.462 e. The van der Waals surface area contributed by atoms with E-state index in [1.807, 2.05) is 19.9 Å². The normalized spacial score (nSPS) is 14.8. The number of hydrogen-bond acceptors (Lipinski definition) is 7. The first-order valence-electron chi connectivity index (χ1n) is 34.8. The fraction of sp³-hybridized carbons (Fsp3) is 0.865. The maximum Gasteiger partial charge on any atom is 0.306 e. The molecule has 1 saturated heterocycles. The lowest BCUT2D eigenvalue weighted by Gasteiger charge is -2.24. The first-order valence-corrected chi connectivity index (χ1v) is 34.8. The summed E-state index contributed by atoms with van der Waals surface area (Å²) in [5.41, 5.74) is -0.238. The Bertz CT molecular complexity index is 1440. The molecule has 0 amide bonds. The summed E-state index contributed by atoms with van der Waals surface area (Å²) in [6, 6.07) is 0.314. The molecular formula is C74H141NO6.